The molecule has 0 amide bonds. The Balaban J connectivity index is 2.05. The summed E-state index contributed by atoms with van der Waals surface area (Å²) in [5.74, 6) is 0.774. The van der Waals surface area contributed by atoms with Crippen molar-refractivity contribution in [2.45, 2.75) is 50.5 Å². The molecule has 1 aromatic heterocycles. The van der Waals surface area contributed by atoms with Crippen LogP contribution in [0.1, 0.15) is 48.7 Å². The van der Waals surface area contributed by atoms with Crippen molar-refractivity contribution in [3.05, 3.63) is 41.2 Å². The van der Waals surface area contributed by atoms with Crippen LogP contribution < -0.4 is 4.74 Å². The monoisotopic (exact) mass is 377 g/mol. The Morgan fingerprint density at radius 1 is 1.12 bits per heavy atom. The first-order chi connectivity index (χ1) is 12.4. The number of benzene rings is 1. The van der Waals surface area contributed by atoms with Gasteiger partial charge in [0.05, 0.1) is 24.5 Å². The Kier molecular flexibility index (Phi) is 5.39. The van der Waals surface area contributed by atoms with Crippen LogP contribution in [-0.2, 0) is 17.1 Å². The molecule has 26 heavy (non-hydrogen) atoms. The first-order valence-corrected chi connectivity index (χ1v) is 10.5. The Hall–Kier alpha value is -1.86. The number of hydrogen-bond donors (Lipinski definition) is 0. The van der Waals surface area contributed by atoms with E-state index in [0.717, 1.165) is 37.0 Å². The lowest BCUT2D eigenvalue weighted by Crippen LogP contribution is -2.35. The van der Waals surface area contributed by atoms with E-state index in [-0.39, 0.29) is 6.04 Å². The molecule has 3 rings (SSSR count). The van der Waals surface area contributed by atoms with Gasteiger partial charge in [-0.3, -0.25) is 4.68 Å². The number of aryl methyl sites for hydroxylation is 2. The summed E-state index contributed by atoms with van der Waals surface area (Å²) >= 11 is 0. The SMILES string of the molecule is COc1ccc([C@@H]2CCCCCN2S(=O)(=O)c2c(C)nn(C)c2C)cc1. The molecule has 1 fully saturated rings. The molecular formula is C19H27N3O3S. The van der Waals surface area contributed by atoms with Crippen LogP contribution in [0.15, 0.2) is 29.2 Å². The summed E-state index contributed by atoms with van der Waals surface area (Å²) in [7, 11) is -0.207. The van der Waals surface area contributed by atoms with Crippen LogP contribution in [0.5, 0.6) is 5.75 Å². The minimum absolute atomic E-state index is 0.160. The van der Waals surface area contributed by atoms with Crippen LogP contribution >= 0.6 is 0 Å². The molecule has 6 nitrogen and oxygen atoms in total. The zero-order chi connectivity index (χ0) is 18.9. The van der Waals surface area contributed by atoms with Crippen molar-refractivity contribution in [1.82, 2.24) is 14.1 Å². The van der Waals surface area contributed by atoms with Crippen LogP contribution in [0.2, 0.25) is 0 Å². The topological polar surface area (TPSA) is 64.4 Å². The van der Waals surface area contributed by atoms with Crippen molar-refractivity contribution in [2.75, 3.05) is 13.7 Å². The lowest BCUT2D eigenvalue weighted by atomic mass is 10.0. The minimum atomic E-state index is -3.62. The van der Waals surface area contributed by atoms with E-state index in [1.165, 1.54) is 0 Å². The van der Waals surface area contributed by atoms with Crippen molar-refractivity contribution in [3.8, 4) is 5.75 Å². The van der Waals surface area contributed by atoms with Crippen molar-refractivity contribution in [1.29, 1.82) is 0 Å². The van der Waals surface area contributed by atoms with E-state index in [1.807, 2.05) is 31.2 Å². The molecule has 142 valence electrons. The molecule has 0 spiro atoms. The predicted molar refractivity (Wildman–Crippen MR) is 101 cm³/mol. The first-order valence-electron chi connectivity index (χ1n) is 9.02. The normalized spacial score (nSPS) is 19.3. The lowest BCUT2D eigenvalue weighted by Gasteiger charge is -2.29. The molecule has 1 aromatic carbocycles. The molecule has 0 radical (unpaired) electrons. The van der Waals surface area contributed by atoms with Crippen LogP contribution in [0, 0.1) is 13.8 Å². The standard InChI is InChI=1S/C19H27N3O3S/c1-14-19(15(2)21(3)20-14)26(23,24)22-13-7-5-6-8-18(22)16-9-11-17(25-4)12-10-16/h9-12,18H,5-8,13H2,1-4H3/t18-/m0/s1. The van der Waals surface area contributed by atoms with Gasteiger partial charge in [-0.15, -0.1) is 0 Å². The summed E-state index contributed by atoms with van der Waals surface area (Å²) in [6, 6.07) is 7.57. The maximum absolute atomic E-state index is 13.5. The Morgan fingerprint density at radius 2 is 1.81 bits per heavy atom. The molecular weight excluding hydrogens is 350 g/mol. The smallest absolute Gasteiger partial charge is 0.247 e. The van der Waals surface area contributed by atoms with Gasteiger partial charge in [0.15, 0.2) is 0 Å². The van der Waals surface area contributed by atoms with Crippen LogP contribution in [0.25, 0.3) is 0 Å². The summed E-state index contributed by atoms with van der Waals surface area (Å²) in [5, 5.41) is 4.31. The van der Waals surface area contributed by atoms with Crippen molar-refractivity contribution in [2.24, 2.45) is 7.05 Å². The quantitative estimate of drug-likeness (QED) is 0.820. The van der Waals surface area contributed by atoms with Crippen LogP contribution in [-0.4, -0.2) is 36.2 Å². The predicted octanol–water partition coefficient (Wildman–Crippen LogP) is 3.35. The minimum Gasteiger partial charge on any atom is -0.497 e. The van der Waals surface area contributed by atoms with Gasteiger partial charge in [0.2, 0.25) is 10.0 Å². The molecule has 0 saturated carbocycles. The number of methoxy groups -OCH3 is 1. The number of rotatable bonds is 4. The third-order valence-corrected chi connectivity index (χ3v) is 7.37. The van der Waals surface area contributed by atoms with Gasteiger partial charge in [0.1, 0.15) is 10.6 Å². The van der Waals surface area contributed by atoms with Crippen molar-refractivity contribution in [3.63, 3.8) is 0 Å². The third kappa shape index (κ3) is 3.38. The van der Waals surface area contributed by atoms with Gasteiger partial charge in [-0.1, -0.05) is 25.0 Å². The Labute approximate surface area is 155 Å². The number of aromatic nitrogens is 2. The van der Waals surface area contributed by atoms with Crippen molar-refractivity contribution < 1.29 is 13.2 Å². The number of ether oxygens (including phenoxy) is 1. The average molecular weight is 378 g/mol. The maximum Gasteiger partial charge on any atom is 0.247 e. The van der Waals surface area contributed by atoms with Gasteiger partial charge in [-0.05, 0) is 44.4 Å². The summed E-state index contributed by atoms with van der Waals surface area (Å²) in [5.41, 5.74) is 2.25. The number of sulfonamides is 1. The first kappa shape index (κ1) is 18.9. The molecule has 0 bridgehead atoms. The highest BCUT2D eigenvalue weighted by Crippen LogP contribution is 2.36. The van der Waals surface area contributed by atoms with Gasteiger partial charge < -0.3 is 4.74 Å². The number of nitrogens with zero attached hydrogens (tertiary/aromatic N) is 3. The molecule has 2 aromatic rings. The largest absolute Gasteiger partial charge is 0.497 e. The highest BCUT2D eigenvalue weighted by molar-refractivity contribution is 7.89. The molecule has 0 N–H and O–H groups in total. The molecule has 1 aliphatic rings. The van der Waals surface area contributed by atoms with Crippen molar-refractivity contribution >= 4 is 10.0 Å². The van der Waals surface area contributed by atoms with E-state index in [0.29, 0.717) is 22.8 Å². The van der Waals surface area contributed by atoms with Gasteiger partial charge in [-0.2, -0.15) is 9.40 Å². The summed E-state index contributed by atoms with van der Waals surface area (Å²) in [4.78, 5) is 0.348. The van der Waals surface area contributed by atoms with Gasteiger partial charge >= 0.3 is 0 Å². The van der Waals surface area contributed by atoms with Gasteiger partial charge in [0.25, 0.3) is 0 Å². The van der Waals surface area contributed by atoms with E-state index in [1.54, 1.807) is 30.1 Å². The highest BCUT2D eigenvalue weighted by Gasteiger charge is 2.36. The number of hydrogen-bond acceptors (Lipinski definition) is 4. The fourth-order valence-electron chi connectivity index (χ4n) is 3.77. The molecule has 7 heteroatoms. The highest BCUT2D eigenvalue weighted by atomic mass is 32.2. The van der Waals surface area contributed by atoms with E-state index >= 15 is 0 Å². The Morgan fingerprint density at radius 3 is 2.38 bits per heavy atom. The van der Waals surface area contributed by atoms with Crippen LogP contribution in [0.3, 0.4) is 0 Å². The molecule has 1 atom stereocenters. The fourth-order valence-corrected chi connectivity index (χ4v) is 5.86. The van der Waals surface area contributed by atoms with E-state index < -0.39 is 10.0 Å². The second-order valence-corrected chi connectivity index (χ2v) is 8.70. The van der Waals surface area contributed by atoms with E-state index in [4.69, 9.17) is 4.74 Å². The molecule has 0 unspecified atom stereocenters. The summed E-state index contributed by atoms with van der Waals surface area (Å²) in [6.07, 6.45) is 3.77. The fraction of sp³-hybridized carbons (Fsp3) is 0.526. The molecule has 0 aliphatic carbocycles. The van der Waals surface area contributed by atoms with Crippen LogP contribution in [0.4, 0.5) is 0 Å². The molecule has 2 heterocycles. The average Bonchev–Trinajstić information content (AvgIpc) is 2.81. The lowest BCUT2D eigenvalue weighted by molar-refractivity contribution is 0.328. The van der Waals surface area contributed by atoms with E-state index in [2.05, 4.69) is 5.10 Å². The van der Waals surface area contributed by atoms with Gasteiger partial charge in [-0.25, -0.2) is 8.42 Å². The molecule has 1 saturated heterocycles. The maximum atomic E-state index is 13.5. The Bertz CT molecular complexity index is 872. The summed E-state index contributed by atoms with van der Waals surface area (Å²) < 4.78 is 35.7. The third-order valence-electron chi connectivity index (χ3n) is 5.21. The van der Waals surface area contributed by atoms with Gasteiger partial charge in [0, 0.05) is 13.6 Å². The second-order valence-electron chi connectivity index (χ2n) is 6.88. The zero-order valence-corrected chi connectivity index (χ0v) is 16.7. The second kappa shape index (κ2) is 7.40. The molecule has 1 aliphatic heterocycles. The summed E-state index contributed by atoms with van der Waals surface area (Å²) in [6.45, 7) is 4.11. The van der Waals surface area contributed by atoms with E-state index in [9.17, 15) is 8.42 Å². The zero-order valence-electron chi connectivity index (χ0n) is 15.9.